The van der Waals surface area contributed by atoms with Crippen LogP contribution in [0.4, 0.5) is 0 Å². The van der Waals surface area contributed by atoms with Gasteiger partial charge in [-0.25, -0.2) is 0 Å². The summed E-state index contributed by atoms with van der Waals surface area (Å²) >= 11 is 12.3. The van der Waals surface area contributed by atoms with E-state index in [4.69, 9.17) is 23.2 Å². The zero-order valence-corrected chi connectivity index (χ0v) is 10.7. The van der Waals surface area contributed by atoms with Crippen molar-refractivity contribution in [2.45, 2.75) is 42.0 Å². The minimum atomic E-state index is -1.78. The molecule has 4 rings (SSSR count). The SMILES string of the molecule is O=NC(=O)C(Cl)(Cl)C12CC3CC1CC(O)(C3)C2. The molecule has 4 aliphatic carbocycles. The molecular formula is C11H13Cl2NO3. The fourth-order valence-electron chi connectivity index (χ4n) is 4.62. The van der Waals surface area contributed by atoms with Crippen LogP contribution in [-0.4, -0.2) is 20.9 Å². The van der Waals surface area contributed by atoms with E-state index in [2.05, 4.69) is 5.18 Å². The number of nitroso groups, excluding NO2 is 1. The number of carbonyl (C=O) groups is 1. The van der Waals surface area contributed by atoms with E-state index in [1.807, 2.05) is 0 Å². The van der Waals surface area contributed by atoms with Crippen LogP contribution in [0.3, 0.4) is 0 Å². The molecule has 94 valence electrons. The zero-order valence-electron chi connectivity index (χ0n) is 9.16. The van der Waals surface area contributed by atoms with Crippen molar-refractivity contribution < 1.29 is 9.90 Å². The molecule has 0 saturated heterocycles. The third-order valence-corrected chi connectivity index (χ3v) is 6.04. The first-order chi connectivity index (χ1) is 7.83. The fraction of sp³-hybridized carbons (Fsp3) is 0.909. The fourth-order valence-corrected chi connectivity index (χ4v) is 5.29. The molecule has 0 heterocycles. The van der Waals surface area contributed by atoms with Crippen LogP contribution in [0, 0.1) is 22.2 Å². The number of halogens is 2. The van der Waals surface area contributed by atoms with Gasteiger partial charge < -0.3 is 5.11 Å². The Balaban J connectivity index is 2.03. The predicted octanol–water partition coefficient (Wildman–Crippen LogP) is 2.39. The van der Waals surface area contributed by atoms with Gasteiger partial charge in [0.1, 0.15) is 0 Å². The smallest absolute Gasteiger partial charge is 0.322 e. The summed E-state index contributed by atoms with van der Waals surface area (Å²) in [7, 11) is 0. The molecule has 4 nitrogen and oxygen atoms in total. The number of rotatable bonds is 2. The lowest BCUT2D eigenvalue weighted by atomic mass is 9.71. The molecule has 4 unspecified atom stereocenters. The highest BCUT2D eigenvalue weighted by atomic mass is 35.5. The van der Waals surface area contributed by atoms with Gasteiger partial charge in [0.15, 0.2) is 0 Å². The van der Waals surface area contributed by atoms with E-state index >= 15 is 0 Å². The Morgan fingerprint density at radius 1 is 1.35 bits per heavy atom. The van der Waals surface area contributed by atoms with Crippen molar-refractivity contribution in [1.29, 1.82) is 0 Å². The summed E-state index contributed by atoms with van der Waals surface area (Å²) in [6.45, 7) is 0. The van der Waals surface area contributed by atoms with Crippen LogP contribution in [-0.2, 0) is 4.79 Å². The van der Waals surface area contributed by atoms with E-state index in [-0.39, 0.29) is 5.92 Å². The highest BCUT2D eigenvalue weighted by Gasteiger charge is 2.72. The van der Waals surface area contributed by atoms with Gasteiger partial charge in [0, 0.05) is 10.6 Å². The first kappa shape index (κ1) is 11.9. The van der Waals surface area contributed by atoms with Gasteiger partial charge in [0.2, 0.25) is 4.33 Å². The molecule has 4 atom stereocenters. The van der Waals surface area contributed by atoms with Gasteiger partial charge in [-0.3, -0.25) is 4.79 Å². The Kier molecular flexibility index (Phi) is 2.25. The maximum absolute atomic E-state index is 11.6. The summed E-state index contributed by atoms with van der Waals surface area (Å²) in [6.07, 6.45) is 3.47. The van der Waals surface area contributed by atoms with Gasteiger partial charge in [0.05, 0.1) is 5.60 Å². The molecule has 4 bridgehead atoms. The molecule has 4 aliphatic rings. The Morgan fingerprint density at radius 2 is 2.06 bits per heavy atom. The highest BCUT2D eigenvalue weighted by molar-refractivity contribution is 6.58. The Hall–Kier alpha value is -0.190. The zero-order chi connectivity index (χ0) is 12.5. The van der Waals surface area contributed by atoms with E-state index in [0.29, 0.717) is 25.2 Å². The maximum atomic E-state index is 11.6. The molecule has 0 aromatic heterocycles. The molecule has 0 aliphatic heterocycles. The summed E-state index contributed by atoms with van der Waals surface area (Å²) in [5.74, 6) is -0.520. The topological polar surface area (TPSA) is 66.7 Å². The minimum Gasteiger partial charge on any atom is -0.390 e. The first-order valence-corrected chi connectivity index (χ1v) is 6.57. The molecule has 4 fully saturated rings. The predicted molar refractivity (Wildman–Crippen MR) is 62.7 cm³/mol. The van der Waals surface area contributed by atoms with E-state index in [1.165, 1.54) is 0 Å². The van der Waals surface area contributed by atoms with Crippen molar-refractivity contribution in [2.24, 2.45) is 22.4 Å². The summed E-state index contributed by atoms with van der Waals surface area (Å²) < 4.78 is -1.78. The summed E-state index contributed by atoms with van der Waals surface area (Å²) in [5, 5.41) is 12.8. The van der Waals surface area contributed by atoms with Crippen molar-refractivity contribution in [3.8, 4) is 0 Å². The van der Waals surface area contributed by atoms with E-state index in [9.17, 15) is 14.8 Å². The summed E-state index contributed by atoms with van der Waals surface area (Å²) in [5.41, 5.74) is -1.40. The number of amides is 1. The molecule has 0 aromatic carbocycles. The second-order valence-corrected chi connectivity index (χ2v) is 7.27. The molecule has 4 saturated carbocycles. The quantitative estimate of drug-likeness (QED) is 0.623. The normalized spacial score (nSPS) is 47.5. The Labute approximate surface area is 109 Å². The van der Waals surface area contributed by atoms with E-state index < -0.39 is 21.3 Å². The van der Waals surface area contributed by atoms with Crippen LogP contribution in [0.5, 0.6) is 0 Å². The number of hydrogen-bond donors (Lipinski definition) is 1. The number of nitrogens with zero attached hydrogens (tertiary/aromatic N) is 1. The lowest BCUT2D eigenvalue weighted by Gasteiger charge is -2.42. The van der Waals surface area contributed by atoms with Crippen LogP contribution in [0.2, 0.25) is 0 Å². The second-order valence-electron chi connectivity index (χ2n) is 5.94. The van der Waals surface area contributed by atoms with Gasteiger partial charge in [-0.05, 0) is 43.9 Å². The first-order valence-electron chi connectivity index (χ1n) is 5.81. The number of aliphatic hydroxyl groups is 1. The molecular weight excluding hydrogens is 265 g/mol. The number of carbonyl (C=O) groups excluding carboxylic acids is 1. The van der Waals surface area contributed by atoms with Gasteiger partial charge in [-0.15, -0.1) is 4.91 Å². The second kappa shape index (κ2) is 3.22. The van der Waals surface area contributed by atoms with Crippen LogP contribution in [0.25, 0.3) is 0 Å². The lowest BCUT2D eigenvalue weighted by molar-refractivity contribution is -0.122. The molecule has 0 spiro atoms. The van der Waals surface area contributed by atoms with Crippen molar-refractivity contribution in [3.63, 3.8) is 0 Å². The van der Waals surface area contributed by atoms with Crippen molar-refractivity contribution in [1.82, 2.24) is 0 Å². The number of alkyl halides is 2. The molecule has 0 radical (unpaired) electrons. The summed E-state index contributed by atoms with van der Waals surface area (Å²) in [4.78, 5) is 22.0. The van der Waals surface area contributed by atoms with Crippen LogP contribution in [0.15, 0.2) is 5.18 Å². The lowest BCUT2D eigenvalue weighted by Crippen LogP contribution is -2.48. The van der Waals surface area contributed by atoms with Crippen molar-refractivity contribution in [3.05, 3.63) is 4.91 Å². The monoisotopic (exact) mass is 277 g/mol. The Morgan fingerprint density at radius 3 is 2.65 bits per heavy atom. The molecule has 6 heteroatoms. The maximum Gasteiger partial charge on any atom is 0.322 e. The Bertz CT molecular complexity index is 414. The van der Waals surface area contributed by atoms with E-state index in [1.54, 1.807) is 0 Å². The number of hydrogen-bond acceptors (Lipinski definition) is 3. The van der Waals surface area contributed by atoms with Crippen LogP contribution < -0.4 is 0 Å². The largest absolute Gasteiger partial charge is 0.390 e. The van der Waals surface area contributed by atoms with Crippen LogP contribution in [0.1, 0.15) is 32.1 Å². The average molecular weight is 278 g/mol. The summed E-state index contributed by atoms with van der Waals surface area (Å²) in [6, 6.07) is 0. The van der Waals surface area contributed by atoms with Gasteiger partial charge >= 0.3 is 5.91 Å². The molecule has 0 aromatic rings. The molecule has 1 N–H and O–H groups in total. The van der Waals surface area contributed by atoms with Gasteiger partial charge in [-0.1, -0.05) is 23.2 Å². The van der Waals surface area contributed by atoms with Crippen LogP contribution >= 0.6 is 23.2 Å². The standard InChI is InChI=1S/C11H13Cl2NO3/c12-11(13,8(15)14-17)10-3-6-1-7(10)4-9(16,2-6)5-10/h6-7,16H,1-5H2. The van der Waals surface area contributed by atoms with E-state index in [0.717, 1.165) is 12.8 Å². The van der Waals surface area contributed by atoms with Crippen molar-refractivity contribution in [2.75, 3.05) is 0 Å². The average Bonchev–Trinajstić information content (AvgIpc) is 2.60. The molecule has 1 amide bonds. The van der Waals surface area contributed by atoms with Crippen molar-refractivity contribution >= 4 is 29.1 Å². The molecule has 17 heavy (non-hydrogen) atoms. The minimum absolute atomic E-state index is 0.131. The third-order valence-electron chi connectivity index (χ3n) is 4.97. The third kappa shape index (κ3) is 1.32. The van der Waals surface area contributed by atoms with Gasteiger partial charge in [-0.2, -0.15) is 0 Å². The highest BCUT2D eigenvalue weighted by Crippen LogP contribution is 2.72. The van der Waals surface area contributed by atoms with Gasteiger partial charge in [0.25, 0.3) is 0 Å².